The third-order valence-corrected chi connectivity index (χ3v) is 1.50. The topological polar surface area (TPSA) is 65.2 Å². The van der Waals surface area contributed by atoms with Gasteiger partial charge in [0.1, 0.15) is 0 Å². The molecule has 4 nitrogen and oxygen atoms in total. The molecule has 0 spiro atoms. The average Bonchev–Trinajstić information content (AvgIpc) is 2.12. The number of nitrogens with two attached hydrogens (primary N) is 1. The van der Waals surface area contributed by atoms with Crippen LogP contribution in [0, 0.1) is 11.8 Å². The molecule has 0 radical (unpaired) electrons. The zero-order valence-electron chi connectivity index (χ0n) is 8.25. The first-order valence-electron chi connectivity index (χ1n) is 4.24. The number of carbonyl (C=O) groups is 1. The number of rotatable bonds is 2. The summed E-state index contributed by atoms with van der Waals surface area (Å²) in [5, 5.41) is 0. The second kappa shape index (κ2) is 5.39. The van der Waals surface area contributed by atoms with Gasteiger partial charge in [-0.05, 0) is 19.9 Å². The number of anilines is 1. The van der Waals surface area contributed by atoms with Gasteiger partial charge in [0, 0.05) is 0 Å². The summed E-state index contributed by atoms with van der Waals surface area (Å²) < 4.78 is 30.2. The van der Waals surface area contributed by atoms with Crippen molar-refractivity contribution in [1.29, 1.82) is 0 Å². The normalized spacial score (nSPS) is 9.81. The highest BCUT2D eigenvalue weighted by molar-refractivity contribution is 5.88. The molecule has 0 saturated heterocycles. The maximum atomic E-state index is 12.8. The summed E-state index contributed by atoms with van der Waals surface area (Å²) in [7, 11) is 0. The van der Waals surface area contributed by atoms with Crippen molar-refractivity contribution in [2.24, 2.45) is 0 Å². The predicted molar refractivity (Wildman–Crippen MR) is 55.8 cm³/mol. The molecule has 0 fully saturated rings. The zero-order valence-corrected chi connectivity index (χ0v) is 8.25. The van der Waals surface area contributed by atoms with Crippen molar-refractivity contribution in [3.05, 3.63) is 23.5 Å². The summed E-state index contributed by atoms with van der Waals surface area (Å²) in [6.07, 6.45) is -0.367. The van der Waals surface area contributed by atoms with Crippen LogP contribution in [0.1, 0.15) is 31.8 Å². The van der Waals surface area contributed by atoms with E-state index in [-0.39, 0.29) is 19.2 Å². The van der Waals surface area contributed by atoms with E-state index >= 15 is 0 Å². The van der Waals surface area contributed by atoms with Crippen molar-refractivity contribution in [3.8, 4) is 0 Å². The number of hydrogen-bond donors (Lipinski definition) is 1. The Morgan fingerprint density at radius 1 is 1.50 bits per heavy atom. The molecule has 0 aliphatic carbocycles. The van der Waals surface area contributed by atoms with Crippen molar-refractivity contribution in [3.63, 3.8) is 0 Å². The van der Waals surface area contributed by atoms with E-state index in [1.54, 1.807) is 13.8 Å². The van der Waals surface area contributed by atoms with Crippen molar-refractivity contribution >= 4 is 11.7 Å². The summed E-state index contributed by atoms with van der Waals surface area (Å²) in [4.78, 5) is 14.3. The van der Waals surface area contributed by atoms with Gasteiger partial charge in [-0.3, -0.25) is 0 Å². The first-order chi connectivity index (χ1) is 6.91. The summed E-state index contributed by atoms with van der Waals surface area (Å²) in [5.41, 5.74) is 4.31. The Labute approximate surface area is 92.4 Å². The molecule has 90 valence electrons. The number of pyridine rings is 1. The number of hydrogen-bond acceptors (Lipinski definition) is 4. The van der Waals surface area contributed by atoms with Gasteiger partial charge in [0.15, 0.2) is 5.69 Å². The lowest BCUT2D eigenvalue weighted by Crippen LogP contribution is -2.15. The molecular weight excluding hydrogens is 218 g/mol. The Morgan fingerprint density at radius 2 is 2.06 bits per heavy atom. The van der Waals surface area contributed by atoms with Crippen molar-refractivity contribution in [1.82, 2.24) is 4.98 Å². The van der Waals surface area contributed by atoms with Crippen LogP contribution >= 0.6 is 0 Å². The molecule has 0 aliphatic rings. The highest BCUT2D eigenvalue weighted by Crippen LogP contribution is 2.14. The minimum Gasteiger partial charge on any atom is -0.458 e. The van der Waals surface area contributed by atoms with Crippen LogP contribution in [0.5, 0.6) is 0 Å². The third-order valence-electron chi connectivity index (χ3n) is 1.50. The SMILES string of the molecule is C.CC(C)OC(=O)c1cc(N)c(F)c(F)n1. The number of carbonyl (C=O) groups excluding carboxylic acids is 1. The maximum Gasteiger partial charge on any atom is 0.357 e. The molecule has 0 saturated carbocycles. The van der Waals surface area contributed by atoms with E-state index in [2.05, 4.69) is 4.98 Å². The first kappa shape index (κ1) is 14.3. The zero-order chi connectivity index (χ0) is 11.6. The van der Waals surface area contributed by atoms with Crippen LogP contribution in [0.25, 0.3) is 0 Å². The van der Waals surface area contributed by atoms with Gasteiger partial charge in [-0.2, -0.15) is 8.78 Å². The van der Waals surface area contributed by atoms with Gasteiger partial charge in [-0.15, -0.1) is 0 Å². The molecule has 0 aliphatic heterocycles. The summed E-state index contributed by atoms with van der Waals surface area (Å²) in [5.74, 6) is -3.52. The van der Waals surface area contributed by atoms with Crippen LogP contribution in [0.3, 0.4) is 0 Å². The number of esters is 1. The molecule has 1 heterocycles. The Kier molecular flexibility index (Phi) is 4.81. The van der Waals surface area contributed by atoms with Crippen molar-refractivity contribution in [2.45, 2.75) is 27.4 Å². The number of aromatic nitrogens is 1. The number of nitrogens with zero attached hydrogens (tertiary/aromatic N) is 1. The second-order valence-electron chi connectivity index (χ2n) is 3.16. The van der Waals surface area contributed by atoms with Crippen LogP contribution in [-0.4, -0.2) is 17.1 Å². The highest BCUT2D eigenvalue weighted by atomic mass is 19.2. The third kappa shape index (κ3) is 3.15. The van der Waals surface area contributed by atoms with E-state index < -0.39 is 23.4 Å². The van der Waals surface area contributed by atoms with Gasteiger partial charge in [0.2, 0.25) is 5.82 Å². The molecule has 1 aromatic heterocycles. The van der Waals surface area contributed by atoms with Gasteiger partial charge in [0.05, 0.1) is 11.8 Å². The van der Waals surface area contributed by atoms with Gasteiger partial charge in [-0.25, -0.2) is 9.78 Å². The molecule has 0 aromatic carbocycles. The lowest BCUT2D eigenvalue weighted by atomic mass is 10.3. The van der Waals surface area contributed by atoms with E-state index in [1.165, 1.54) is 0 Å². The molecular formula is C10H14F2N2O2. The fourth-order valence-electron chi connectivity index (χ4n) is 0.896. The van der Waals surface area contributed by atoms with Crippen LogP contribution in [0.15, 0.2) is 6.07 Å². The Morgan fingerprint density at radius 3 is 2.50 bits per heavy atom. The smallest absolute Gasteiger partial charge is 0.357 e. The molecule has 1 aromatic rings. The van der Waals surface area contributed by atoms with Gasteiger partial charge in [0.25, 0.3) is 5.95 Å². The maximum absolute atomic E-state index is 12.8. The molecule has 0 unspecified atom stereocenters. The van der Waals surface area contributed by atoms with Gasteiger partial charge in [-0.1, -0.05) is 7.43 Å². The molecule has 6 heteroatoms. The van der Waals surface area contributed by atoms with E-state index in [0.29, 0.717) is 0 Å². The van der Waals surface area contributed by atoms with Crippen molar-refractivity contribution in [2.75, 3.05) is 5.73 Å². The summed E-state index contributed by atoms with van der Waals surface area (Å²) in [6.45, 7) is 3.25. The predicted octanol–water partition coefficient (Wildman–Crippen LogP) is 2.14. The minimum absolute atomic E-state index is 0. The number of halogens is 2. The quantitative estimate of drug-likeness (QED) is 0.626. The summed E-state index contributed by atoms with van der Waals surface area (Å²) >= 11 is 0. The number of nitrogen functional groups attached to an aromatic ring is 1. The number of ether oxygens (including phenoxy) is 1. The van der Waals surface area contributed by atoms with Crippen LogP contribution < -0.4 is 5.73 Å². The van der Waals surface area contributed by atoms with Crippen LogP contribution in [-0.2, 0) is 4.74 Å². The van der Waals surface area contributed by atoms with Crippen LogP contribution in [0.4, 0.5) is 14.5 Å². The summed E-state index contributed by atoms with van der Waals surface area (Å²) in [6, 6.07) is 0.934. The average molecular weight is 232 g/mol. The van der Waals surface area contributed by atoms with Crippen LogP contribution in [0.2, 0.25) is 0 Å². The van der Waals surface area contributed by atoms with E-state index in [0.717, 1.165) is 6.07 Å². The Balaban J connectivity index is 0.00000225. The van der Waals surface area contributed by atoms with E-state index in [4.69, 9.17) is 10.5 Å². The molecule has 1 rings (SSSR count). The monoisotopic (exact) mass is 232 g/mol. The molecule has 0 bridgehead atoms. The van der Waals surface area contributed by atoms with Gasteiger partial charge < -0.3 is 10.5 Å². The second-order valence-corrected chi connectivity index (χ2v) is 3.16. The highest BCUT2D eigenvalue weighted by Gasteiger charge is 2.16. The fraction of sp³-hybridized carbons (Fsp3) is 0.400. The fourth-order valence-corrected chi connectivity index (χ4v) is 0.896. The molecule has 0 atom stereocenters. The van der Waals surface area contributed by atoms with E-state index in [9.17, 15) is 13.6 Å². The Bertz CT molecular complexity index is 371. The molecule has 2 N–H and O–H groups in total. The Hall–Kier alpha value is -1.72. The molecule has 0 amide bonds. The lowest BCUT2D eigenvalue weighted by molar-refractivity contribution is 0.0369. The van der Waals surface area contributed by atoms with E-state index in [1.807, 2.05) is 0 Å². The van der Waals surface area contributed by atoms with Gasteiger partial charge >= 0.3 is 5.97 Å². The minimum atomic E-state index is -1.41. The first-order valence-corrected chi connectivity index (χ1v) is 4.24. The molecule has 16 heavy (non-hydrogen) atoms. The standard InChI is InChI=1S/C9H10F2N2O2.CH4/c1-4(2)15-9(14)6-3-5(12)7(10)8(11)13-6;/h3-4H,1-2H3,(H2,12,13);1H4. The lowest BCUT2D eigenvalue weighted by Gasteiger charge is -2.07. The largest absolute Gasteiger partial charge is 0.458 e. The van der Waals surface area contributed by atoms with Crippen molar-refractivity contribution < 1.29 is 18.3 Å².